The lowest BCUT2D eigenvalue weighted by atomic mass is 9.76. The van der Waals surface area contributed by atoms with Gasteiger partial charge in [0.15, 0.2) is 11.5 Å². The molecule has 0 aliphatic carbocycles. The molecule has 3 aliphatic rings. The average Bonchev–Trinajstić information content (AvgIpc) is 3.35. The lowest BCUT2D eigenvalue weighted by molar-refractivity contribution is -0.142. The molecule has 4 N–H and O–H groups in total. The maximum atomic E-state index is 13.6. The first kappa shape index (κ1) is 21.5. The number of imide groups is 1. The Hall–Kier alpha value is -3.39. The molecule has 3 amide bonds. The Morgan fingerprint density at radius 3 is 2.58 bits per heavy atom. The van der Waals surface area contributed by atoms with Gasteiger partial charge in [-0.1, -0.05) is 37.6 Å². The number of carbonyl (C=O) groups is 3. The molecule has 0 bridgehead atoms. The first-order chi connectivity index (χ1) is 15.8. The Kier molecular flexibility index (Phi) is 4.93. The van der Waals surface area contributed by atoms with Crippen molar-refractivity contribution in [3.8, 4) is 11.5 Å². The molecule has 2 saturated heterocycles. The van der Waals surface area contributed by atoms with Gasteiger partial charge in [0.05, 0.1) is 11.8 Å². The molecule has 33 heavy (non-hydrogen) atoms. The van der Waals surface area contributed by atoms with Gasteiger partial charge in [0, 0.05) is 23.8 Å². The number of phenolic OH excluding ortho intramolecular Hbond substituents is 2. The van der Waals surface area contributed by atoms with Crippen LogP contribution in [0.1, 0.15) is 36.5 Å². The Bertz CT molecular complexity index is 1180. The van der Waals surface area contributed by atoms with Crippen molar-refractivity contribution < 1.29 is 24.6 Å². The summed E-state index contributed by atoms with van der Waals surface area (Å²) < 4.78 is 0. The number of carbonyl (C=O) groups excluding carboxylic acids is 3. The van der Waals surface area contributed by atoms with E-state index in [4.69, 9.17) is 0 Å². The molecule has 0 aromatic heterocycles. The molecule has 2 aromatic carbocycles. The normalized spacial score (nSPS) is 27.9. The second-order valence-corrected chi connectivity index (χ2v) is 9.22. The van der Waals surface area contributed by atoms with Gasteiger partial charge in [-0.05, 0) is 43.0 Å². The van der Waals surface area contributed by atoms with E-state index in [1.807, 2.05) is 32.0 Å². The smallest absolute Gasteiger partial charge is 0.250 e. The first-order valence-corrected chi connectivity index (χ1v) is 11.3. The van der Waals surface area contributed by atoms with Crippen molar-refractivity contribution in [2.75, 3.05) is 11.9 Å². The zero-order valence-corrected chi connectivity index (χ0v) is 18.6. The minimum Gasteiger partial charge on any atom is -0.504 e. The molecule has 1 spiro atoms. The fourth-order valence-corrected chi connectivity index (χ4v) is 5.70. The second-order valence-electron chi connectivity index (χ2n) is 9.22. The highest BCUT2D eigenvalue weighted by atomic mass is 16.3. The summed E-state index contributed by atoms with van der Waals surface area (Å²) in [4.78, 5) is 41.9. The van der Waals surface area contributed by atoms with Gasteiger partial charge in [-0.15, -0.1) is 0 Å². The number of aromatic hydroxyl groups is 2. The van der Waals surface area contributed by atoms with Crippen LogP contribution in [0.2, 0.25) is 0 Å². The number of phenols is 2. The van der Waals surface area contributed by atoms with E-state index >= 15 is 0 Å². The zero-order chi connectivity index (χ0) is 23.5. The molecule has 172 valence electrons. The largest absolute Gasteiger partial charge is 0.504 e. The molecule has 2 fully saturated rings. The van der Waals surface area contributed by atoms with Gasteiger partial charge < -0.3 is 15.5 Å². The SMILES string of the molecule is CCCCN1C(=O)C2C(Cc3ccc(O)c(O)c3)NC3(C(=O)Nc4c(C)cccc43)C2C1=O. The number of para-hydroxylation sites is 1. The van der Waals surface area contributed by atoms with Crippen LogP contribution in [0, 0.1) is 18.8 Å². The van der Waals surface area contributed by atoms with E-state index in [0.717, 1.165) is 12.0 Å². The Morgan fingerprint density at radius 2 is 1.85 bits per heavy atom. The zero-order valence-electron chi connectivity index (χ0n) is 18.6. The van der Waals surface area contributed by atoms with E-state index in [9.17, 15) is 24.6 Å². The Labute approximate surface area is 191 Å². The number of rotatable bonds is 5. The van der Waals surface area contributed by atoms with Crippen molar-refractivity contribution in [1.29, 1.82) is 0 Å². The summed E-state index contributed by atoms with van der Waals surface area (Å²) in [5.41, 5.74) is 1.63. The van der Waals surface area contributed by atoms with Crippen molar-refractivity contribution in [1.82, 2.24) is 10.2 Å². The molecule has 3 heterocycles. The average molecular weight is 450 g/mol. The Balaban J connectivity index is 1.61. The number of fused-ring (bicyclic) bond motifs is 4. The summed E-state index contributed by atoms with van der Waals surface area (Å²) in [6.45, 7) is 4.24. The van der Waals surface area contributed by atoms with Gasteiger partial charge in [-0.25, -0.2) is 0 Å². The quantitative estimate of drug-likeness (QED) is 0.410. The fraction of sp³-hybridized carbons (Fsp3) is 0.400. The van der Waals surface area contributed by atoms with Crippen molar-refractivity contribution >= 4 is 23.4 Å². The maximum Gasteiger partial charge on any atom is 0.250 e. The number of amides is 3. The summed E-state index contributed by atoms with van der Waals surface area (Å²) in [6, 6.07) is 9.60. The number of aryl methyl sites for hydroxylation is 1. The van der Waals surface area contributed by atoms with E-state index in [-0.39, 0.29) is 29.2 Å². The van der Waals surface area contributed by atoms with Crippen LogP contribution in [0.25, 0.3) is 0 Å². The molecule has 0 saturated carbocycles. The van der Waals surface area contributed by atoms with Crippen LogP contribution < -0.4 is 10.6 Å². The molecule has 4 atom stereocenters. The molecular formula is C25H27N3O5. The fourth-order valence-electron chi connectivity index (χ4n) is 5.70. The molecule has 8 heteroatoms. The third-order valence-electron chi connectivity index (χ3n) is 7.28. The lowest BCUT2D eigenvalue weighted by Crippen LogP contribution is -2.53. The van der Waals surface area contributed by atoms with E-state index in [1.54, 1.807) is 6.07 Å². The number of hydrogen-bond acceptors (Lipinski definition) is 6. The van der Waals surface area contributed by atoms with E-state index in [1.165, 1.54) is 17.0 Å². The van der Waals surface area contributed by atoms with E-state index in [0.29, 0.717) is 36.2 Å². The molecular weight excluding hydrogens is 422 g/mol. The highest BCUT2D eigenvalue weighted by molar-refractivity contribution is 6.15. The predicted molar refractivity (Wildman–Crippen MR) is 120 cm³/mol. The van der Waals surface area contributed by atoms with Crippen molar-refractivity contribution in [2.45, 2.75) is 44.7 Å². The molecule has 2 aromatic rings. The third kappa shape index (κ3) is 2.97. The summed E-state index contributed by atoms with van der Waals surface area (Å²) in [5.74, 6) is -2.93. The van der Waals surface area contributed by atoms with Gasteiger partial charge in [0.1, 0.15) is 5.54 Å². The standard InChI is InChI=1S/C25H27N3O5/c1-3-4-10-28-22(31)19-16(11-14-8-9-17(29)18(30)12-14)27-25(20(19)23(28)32)15-7-5-6-13(2)21(15)26-24(25)33/h5-9,12,16,19-20,27,29-30H,3-4,10-11H2,1-2H3,(H,26,33). The maximum absolute atomic E-state index is 13.6. The highest BCUT2D eigenvalue weighted by Gasteiger charge is 2.70. The van der Waals surface area contributed by atoms with Gasteiger partial charge in [-0.3, -0.25) is 24.6 Å². The number of nitrogens with one attached hydrogen (secondary N) is 2. The van der Waals surface area contributed by atoms with E-state index < -0.39 is 23.4 Å². The van der Waals surface area contributed by atoms with Crippen molar-refractivity contribution in [3.63, 3.8) is 0 Å². The van der Waals surface area contributed by atoms with Gasteiger partial charge >= 0.3 is 0 Å². The van der Waals surface area contributed by atoms with Crippen LogP contribution >= 0.6 is 0 Å². The minimum absolute atomic E-state index is 0.232. The number of likely N-dealkylation sites (tertiary alicyclic amines) is 1. The summed E-state index contributed by atoms with van der Waals surface area (Å²) in [5, 5.41) is 25.9. The number of hydrogen-bond donors (Lipinski definition) is 4. The van der Waals surface area contributed by atoms with Crippen LogP contribution in [-0.4, -0.2) is 45.4 Å². The lowest BCUT2D eigenvalue weighted by Gasteiger charge is -2.29. The summed E-state index contributed by atoms with van der Waals surface area (Å²) in [7, 11) is 0. The minimum atomic E-state index is -1.33. The number of unbranched alkanes of at least 4 members (excludes halogenated alkanes) is 1. The van der Waals surface area contributed by atoms with Crippen LogP contribution in [0.3, 0.4) is 0 Å². The summed E-state index contributed by atoms with van der Waals surface area (Å²) >= 11 is 0. The van der Waals surface area contributed by atoms with Crippen molar-refractivity contribution in [2.24, 2.45) is 11.8 Å². The van der Waals surface area contributed by atoms with Crippen LogP contribution in [0.15, 0.2) is 36.4 Å². The van der Waals surface area contributed by atoms with Crippen LogP contribution in [0.4, 0.5) is 5.69 Å². The third-order valence-corrected chi connectivity index (χ3v) is 7.28. The molecule has 3 aliphatic heterocycles. The van der Waals surface area contributed by atoms with Crippen molar-refractivity contribution in [3.05, 3.63) is 53.1 Å². The topological polar surface area (TPSA) is 119 Å². The molecule has 8 nitrogen and oxygen atoms in total. The van der Waals surface area contributed by atoms with Crippen LogP contribution in [0.5, 0.6) is 11.5 Å². The van der Waals surface area contributed by atoms with Gasteiger partial charge in [0.2, 0.25) is 17.7 Å². The number of anilines is 1. The number of nitrogens with zero attached hydrogens (tertiary/aromatic N) is 1. The van der Waals surface area contributed by atoms with Crippen LogP contribution in [-0.2, 0) is 26.3 Å². The number of benzene rings is 2. The van der Waals surface area contributed by atoms with Gasteiger partial charge in [-0.2, -0.15) is 0 Å². The monoisotopic (exact) mass is 449 g/mol. The molecule has 5 rings (SSSR count). The first-order valence-electron chi connectivity index (χ1n) is 11.3. The second kappa shape index (κ2) is 7.59. The Morgan fingerprint density at radius 1 is 1.06 bits per heavy atom. The predicted octanol–water partition coefficient (Wildman–Crippen LogP) is 2.17. The molecule has 0 radical (unpaired) electrons. The summed E-state index contributed by atoms with van der Waals surface area (Å²) in [6.07, 6.45) is 1.86. The molecule has 4 unspecified atom stereocenters. The highest BCUT2D eigenvalue weighted by Crippen LogP contribution is 2.53. The van der Waals surface area contributed by atoms with Gasteiger partial charge in [0.25, 0.3) is 0 Å². The van der Waals surface area contributed by atoms with E-state index in [2.05, 4.69) is 10.6 Å².